The van der Waals surface area contributed by atoms with Gasteiger partial charge in [0.15, 0.2) is 0 Å². The number of alkyl halides is 1. The molecule has 2 unspecified atom stereocenters. The van der Waals surface area contributed by atoms with Gasteiger partial charge in [-0.05, 0) is 19.3 Å². The number of halogens is 1. The molecule has 18 heavy (non-hydrogen) atoms. The minimum absolute atomic E-state index is 0.355. The molecule has 0 rings (SSSR count). The minimum atomic E-state index is 0.355. The second-order valence-corrected chi connectivity index (χ2v) is 6.50. The van der Waals surface area contributed by atoms with E-state index >= 15 is 0 Å². The molecular formula is C17H35Cl. The second-order valence-electron chi connectivity index (χ2n) is 5.82. The molecule has 0 spiro atoms. The van der Waals surface area contributed by atoms with Gasteiger partial charge in [-0.3, -0.25) is 0 Å². The third-order valence-electron chi connectivity index (χ3n) is 4.10. The van der Waals surface area contributed by atoms with Crippen molar-refractivity contribution in [2.24, 2.45) is 5.92 Å². The Morgan fingerprint density at radius 3 is 1.56 bits per heavy atom. The van der Waals surface area contributed by atoms with Crippen LogP contribution >= 0.6 is 11.6 Å². The molecule has 0 aromatic rings. The Balaban J connectivity index is 3.15. The molecule has 0 amide bonds. The molecule has 0 radical (unpaired) electrons. The average molecular weight is 275 g/mol. The fourth-order valence-corrected chi connectivity index (χ4v) is 2.96. The molecule has 0 nitrogen and oxygen atoms in total. The third kappa shape index (κ3) is 11.4. The number of hydrogen-bond acceptors (Lipinski definition) is 0. The standard InChI is InChI=1S/C17H35Cl/c1-4-6-7-8-9-10-11-12-13-14-15-17(5-2)16(3)18/h16-17H,4-15H2,1-3H3. The molecule has 2 atom stereocenters. The smallest absolute Gasteiger partial charge is 0.0335 e. The van der Waals surface area contributed by atoms with Crippen LogP contribution in [0.5, 0.6) is 0 Å². The quantitative estimate of drug-likeness (QED) is 0.252. The Bertz CT molecular complexity index is 154. The SMILES string of the molecule is CCCCCCCCCCCCC(CC)C(C)Cl. The van der Waals surface area contributed by atoms with E-state index < -0.39 is 0 Å². The molecule has 1 heteroatoms. The monoisotopic (exact) mass is 274 g/mol. The third-order valence-corrected chi connectivity index (χ3v) is 4.46. The molecule has 0 aliphatic heterocycles. The lowest BCUT2D eigenvalue weighted by Gasteiger charge is -2.16. The van der Waals surface area contributed by atoms with Gasteiger partial charge in [-0.15, -0.1) is 11.6 Å². The van der Waals surface area contributed by atoms with Crippen molar-refractivity contribution in [3.8, 4) is 0 Å². The number of unbranched alkanes of at least 4 members (excludes halogenated alkanes) is 9. The van der Waals surface area contributed by atoms with Crippen LogP contribution in [-0.2, 0) is 0 Å². The molecule has 0 bridgehead atoms. The maximum atomic E-state index is 6.17. The number of hydrogen-bond donors (Lipinski definition) is 0. The lowest BCUT2D eigenvalue weighted by molar-refractivity contribution is 0.431. The summed E-state index contributed by atoms with van der Waals surface area (Å²) in [5.74, 6) is 0.737. The molecule has 0 aliphatic carbocycles. The molecule has 0 aliphatic rings. The Morgan fingerprint density at radius 1 is 0.722 bits per heavy atom. The van der Waals surface area contributed by atoms with Gasteiger partial charge in [0.25, 0.3) is 0 Å². The van der Waals surface area contributed by atoms with Crippen molar-refractivity contribution in [1.29, 1.82) is 0 Å². The van der Waals surface area contributed by atoms with Crippen LogP contribution in [0.15, 0.2) is 0 Å². The van der Waals surface area contributed by atoms with Crippen molar-refractivity contribution in [3.05, 3.63) is 0 Å². The summed E-state index contributed by atoms with van der Waals surface area (Å²) in [5.41, 5.74) is 0. The van der Waals surface area contributed by atoms with Crippen LogP contribution in [-0.4, -0.2) is 5.38 Å². The van der Waals surface area contributed by atoms with Crippen molar-refractivity contribution in [3.63, 3.8) is 0 Å². The summed E-state index contributed by atoms with van der Waals surface area (Å²) in [6.07, 6.45) is 16.8. The van der Waals surface area contributed by atoms with Crippen molar-refractivity contribution in [1.82, 2.24) is 0 Å². The first-order valence-electron chi connectivity index (χ1n) is 8.36. The molecule has 0 aromatic heterocycles. The van der Waals surface area contributed by atoms with E-state index in [1.54, 1.807) is 0 Å². The predicted molar refractivity (Wildman–Crippen MR) is 85.6 cm³/mol. The fraction of sp³-hybridized carbons (Fsp3) is 1.00. The van der Waals surface area contributed by atoms with Crippen LogP contribution < -0.4 is 0 Å². The average Bonchev–Trinajstić information content (AvgIpc) is 2.35. The maximum absolute atomic E-state index is 6.17. The van der Waals surface area contributed by atoms with Crippen LogP contribution in [0.2, 0.25) is 0 Å². The van der Waals surface area contributed by atoms with Gasteiger partial charge < -0.3 is 0 Å². The molecule has 0 saturated carbocycles. The van der Waals surface area contributed by atoms with Gasteiger partial charge in [0.1, 0.15) is 0 Å². The van der Waals surface area contributed by atoms with E-state index in [9.17, 15) is 0 Å². The van der Waals surface area contributed by atoms with Gasteiger partial charge in [0.05, 0.1) is 0 Å². The van der Waals surface area contributed by atoms with E-state index in [1.165, 1.54) is 77.0 Å². The highest BCUT2D eigenvalue weighted by Gasteiger charge is 2.11. The molecule has 0 heterocycles. The van der Waals surface area contributed by atoms with Crippen molar-refractivity contribution in [2.75, 3.05) is 0 Å². The first kappa shape index (κ1) is 18.3. The van der Waals surface area contributed by atoms with Crippen LogP contribution in [0, 0.1) is 5.92 Å². The van der Waals surface area contributed by atoms with E-state index in [2.05, 4.69) is 20.8 Å². The highest BCUT2D eigenvalue weighted by atomic mass is 35.5. The number of rotatable bonds is 13. The van der Waals surface area contributed by atoms with Gasteiger partial charge in [0, 0.05) is 5.38 Å². The fourth-order valence-electron chi connectivity index (χ4n) is 2.65. The van der Waals surface area contributed by atoms with Gasteiger partial charge in [-0.1, -0.05) is 84.5 Å². The molecule has 110 valence electrons. The Kier molecular flexibility index (Phi) is 13.9. The van der Waals surface area contributed by atoms with Crippen molar-refractivity contribution in [2.45, 2.75) is 103 Å². The summed E-state index contributed by atoms with van der Waals surface area (Å²) >= 11 is 6.17. The predicted octanol–water partition coefficient (Wildman–Crippen LogP) is 6.95. The first-order chi connectivity index (χ1) is 8.72. The lowest BCUT2D eigenvalue weighted by atomic mass is 9.95. The van der Waals surface area contributed by atoms with E-state index in [0.717, 1.165) is 5.92 Å². The van der Waals surface area contributed by atoms with Crippen LogP contribution in [0.25, 0.3) is 0 Å². The van der Waals surface area contributed by atoms with Crippen LogP contribution in [0.1, 0.15) is 97.8 Å². The summed E-state index contributed by atoms with van der Waals surface area (Å²) in [7, 11) is 0. The van der Waals surface area contributed by atoms with Gasteiger partial charge >= 0.3 is 0 Å². The van der Waals surface area contributed by atoms with E-state index in [4.69, 9.17) is 11.6 Å². The summed E-state index contributed by atoms with van der Waals surface area (Å²) in [6, 6.07) is 0. The molecule has 0 saturated heterocycles. The van der Waals surface area contributed by atoms with Crippen molar-refractivity contribution >= 4 is 11.6 Å². The normalized spacial score (nSPS) is 14.7. The largest absolute Gasteiger partial charge is 0.123 e. The van der Waals surface area contributed by atoms with Gasteiger partial charge in [-0.25, -0.2) is 0 Å². The van der Waals surface area contributed by atoms with Gasteiger partial charge in [0.2, 0.25) is 0 Å². The van der Waals surface area contributed by atoms with E-state index in [0.29, 0.717) is 5.38 Å². The van der Waals surface area contributed by atoms with Crippen LogP contribution in [0.4, 0.5) is 0 Å². The summed E-state index contributed by atoms with van der Waals surface area (Å²) in [4.78, 5) is 0. The van der Waals surface area contributed by atoms with Crippen molar-refractivity contribution < 1.29 is 0 Å². The Morgan fingerprint density at radius 2 is 1.17 bits per heavy atom. The van der Waals surface area contributed by atoms with Gasteiger partial charge in [-0.2, -0.15) is 0 Å². The molecule has 0 N–H and O–H groups in total. The van der Waals surface area contributed by atoms with Crippen LogP contribution in [0.3, 0.4) is 0 Å². The second kappa shape index (κ2) is 13.7. The molecular weight excluding hydrogens is 240 g/mol. The summed E-state index contributed by atoms with van der Waals surface area (Å²) in [6.45, 7) is 6.69. The first-order valence-corrected chi connectivity index (χ1v) is 8.80. The minimum Gasteiger partial charge on any atom is -0.123 e. The maximum Gasteiger partial charge on any atom is 0.0335 e. The Labute approximate surface area is 121 Å². The van der Waals surface area contributed by atoms with E-state index in [1.807, 2.05) is 0 Å². The zero-order valence-electron chi connectivity index (χ0n) is 13.0. The summed E-state index contributed by atoms with van der Waals surface area (Å²) in [5, 5.41) is 0.355. The topological polar surface area (TPSA) is 0 Å². The summed E-state index contributed by atoms with van der Waals surface area (Å²) < 4.78 is 0. The molecule has 0 aromatic carbocycles. The highest BCUT2D eigenvalue weighted by molar-refractivity contribution is 6.20. The van der Waals surface area contributed by atoms with E-state index in [-0.39, 0.29) is 0 Å². The zero-order chi connectivity index (χ0) is 13.6. The highest BCUT2D eigenvalue weighted by Crippen LogP contribution is 2.21. The lowest BCUT2D eigenvalue weighted by Crippen LogP contribution is -2.09. The zero-order valence-corrected chi connectivity index (χ0v) is 13.8. The molecule has 0 fully saturated rings. The Hall–Kier alpha value is 0.290.